The van der Waals surface area contributed by atoms with Gasteiger partial charge in [-0.1, -0.05) is 216 Å². The Kier molecular flexibility index (Phi) is 43.1. The Morgan fingerprint density at radius 3 is 1.44 bits per heavy atom. The fraction of sp³-hybridized carbons (Fsp3) is 0.800. The highest BCUT2D eigenvalue weighted by Crippen LogP contribution is 2.23. The summed E-state index contributed by atoms with van der Waals surface area (Å²) in [6.45, 7) is 4.45. The van der Waals surface area contributed by atoms with Gasteiger partial charge in [-0.2, -0.15) is 0 Å². The molecule has 1 saturated heterocycles. The van der Waals surface area contributed by atoms with Crippen molar-refractivity contribution in [3.05, 3.63) is 60.8 Å². The first-order valence-electron chi connectivity index (χ1n) is 26.4. The number of hydrogen-bond acceptors (Lipinski definition) is 9. The Morgan fingerprint density at radius 1 is 0.516 bits per heavy atom. The Morgan fingerprint density at radius 2 is 0.953 bits per heavy atom. The highest BCUT2D eigenvalue weighted by Gasteiger charge is 2.44. The summed E-state index contributed by atoms with van der Waals surface area (Å²) in [5.74, 6) is -0.330. The lowest BCUT2D eigenvalue weighted by Gasteiger charge is -2.39. The van der Waals surface area contributed by atoms with Crippen LogP contribution in [0, 0.1) is 0 Å². The van der Waals surface area contributed by atoms with Gasteiger partial charge in [-0.05, 0) is 57.8 Å². The maximum Gasteiger partial charge on any atom is 0.306 e. The minimum Gasteiger partial charge on any atom is -0.457 e. The molecule has 0 bridgehead atoms. The third-order valence-corrected chi connectivity index (χ3v) is 11.9. The Bertz CT molecular complexity index is 1160. The molecule has 0 aliphatic carbocycles. The number of aliphatic hydroxyl groups excluding tert-OH is 4. The molecule has 1 rings (SSSR count). The number of hydrogen-bond donors (Lipinski definition) is 4. The van der Waals surface area contributed by atoms with Crippen molar-refractivity contribution < 1.29 is 44.2 Å². The van der Waals surface area contributed by atoms with Gasteiger partial charge >= 0.3 is 5.97 Å². The average Bonchev–Trinajstić information content (AvgIpc) is 3.30. The van der Waals surface area contributed by atoms with Crippen LogP contribution in [0.2, 0.25) is 0 Å². The lowest BCUT2D eigenvalue weighted by molar-refractivity contribution is -0.305. The van der Waals surface area contributed by atoms with Crippen LogP contribution < -0.4 is 0 Å². The quantitative estimate of drug-likeness (QED) is 0.0268. The summed E-state index contributed by atoms with van der Waals surface area (Å²) >= 11 is 0. The summed E-state index contributed by atoms with van der Waals surface area (Å²) in [7, 11) is 0. The lowest BCUT2D eigenvalue weighted by atomic mass is 9.99. The van der Waals surface area contributed by atoms with E-state index in [-0.39, 0.29) is 19.2 Å². The second kappa shape index (κ2) is 46.0. The van der Waals surface area contributed by atoms with Crippen LogP contribution in [0.25, 0.3) is 0 Å². The van der Waals surface area contributed by atoms with Crippen molar-refractivity contribution in [2.45, 2.75) is 256 Å². The molecule has 1 heterocycles. The summed E-state index contributed by atoms with van der Waals surface area (Å²) < 4.78 is 22.9. The fourth-order valence-electron chi connectivity index (χ4n) is 7.87. The molecule has 9 heteroatoms. The normalized spacial score (nSPS) is 20.0. The number of unbranched alkanes of at least 4 members (excludes halogenated alkanes) is 24. The van der Waals surface area contributed by atoms with Gasteiger partial charge in [0.25, 0.3) is 0 Å². The number of carbonyl (C=O) groups excluding carboxylic acids is 1. The number of carbonyl (C=O) groups is 1. The van der Waals surface area contributed by atoms with Crippen LogP contribution in [0.5, 0.6) is 0 Å². The molecule has 4 N–H and O–H groups in total. The van der Waals surface area contributed by atoms with Gasteiger partial charge in [0.1, 0.15) is 30.5 Å². The molecule has 1 aliphatic heterocycles. The summed E-state index contributed by atoms with van der Waals surface area (Å²) in [6.07, 6.45) is 52.5. The van der Waals surface area contributed by atoms with E-state index in [0.717, 1.165) is 83.5 Å². The molecule has 0 spiro atoms. The van der Waals surface area contributed by atoms with E-state index in [1.165, 1.54) is 116 Å². The van der Waals surface area contributed by atoms with Gasteiger partial charge < -0.3 is 39.4 Å². The molecule has 64 heavy (non-hydrogen) atoms. The number of aliphatic hydroxyl groups is 4. The summed E-state index contributed by atoms with van der Waals surface area (Å²) in [6, 6.07) is 0. The zero-order valence-electron chi connectivity index (χ0n) is 41.0. The van der Waals surface area contributed by atoms with E-state index in [1.807, 2.05) is 0 Å². The molecule has 0 aromatic carbocycles. The predicted molar refractivity (Wildman–Crippen MR) is 265 cm³/mol. The molecular weight excluding hydrogens is 805 g/mol. The largest absolute Gasteiger partial charge is 0.457 e. The van der Waals surface area contributed by atoms with Crippen molar-refractivity contribution in [1.82, 2.24) is 0 Å². The monoisotopic (exact) mass is 903 g/mol. The van der Waals surface area contributed by atoms with Gasteiger partial charge in [0.15, 0.2) is 6.29 Å². The molecule has 0 aromatic rings. The van der Waals surface area contributed by atoms with E-state index in [4.69, 9.17) is 18.9 Å². The van der Waals surface area contributed by atoms with Crippen molar-refractivity contribution in [2.75, 3.05) is 26.4 Å². The van der Waals surface area contributed by atoms with E-state index in [9.17, 15) is 25.2 Å². The first-order chi connectivity index (χ1) is 31.4. The van der Waals surface area contributed by atoms with Gasteiger partial charge in [0.05, 0.1) is 19.8 Å². The molecule has 9 nitrogen and oxygen atoms in total. The highest BCUT2D eigenvalue weighted by atomic mass is 16.7. The molecule has 1 fully saturated rings. The fourth-order valence-corrected chi connectivity index (χ4v) is 7.87. The van der Waals surface area contributed by atoms with Crippen LogP contribution in [0.1, 0.15) is 219 Å². The number of ether oxygens (including phenoxy) is 4. The molecule has 0 radical (unpaired) electrons. The molecule has 0 amide bonds. The minimum atomic E-state index is -1.54. The smallest absolute Gasteiger partial charge is 0.306 e. The first-order valence-corrected chi connectivity index (χ1v) is 26.4. The molecule has 0 saturated carbocycles. The van der Waals surface area contributed by atoms with Gasteiger partial charge in [-0.25, -0.2) is 0 Å². The summed E-state index contributed by atoms with van der Waals surface area (Å²) in [5, 5.41) is 40.3. The number of esters is 1. The van der Waals surface area contributed by atoms with Gasteiger partial charge in [0.2, 0.25) is 0 Å². The molecule has 6 unspecified atom stereocenters. The summed E-state index contributed by atoms with van der Waals surface area (Å²) in [5.41, 5.74) is 0. The Labute approximate surface area is 392 Å². The Hall–Kier alpha value is -2.11. The predicted octanol–water partition coefficient (Wildman–Crippen LogP) is 13.0. The molecule has 1 aliphatic rings. The third-order valence-electron chi connectivity index (χ3n) is 11.9. The average molecular weight is 903 g/mol. The number of rotatable bonds is 45. The van der Waals surface area contributed by atoms with Crippen LogP contribution in [0.4, 0.5) is 0 Å². The van der Waals surface area contributed by atoms with E-state index >= 15 is 0 Å². The minimum absolute atomic E-state index is 0.122. The topological polar surface area (TPSA) is 135 Å². The van der Waals surface area contributed by atoms with E-state index < -0.39 is 43.4 Å². The van der Waals surface area contributed by atoms with Crippen molar-refractivity contribution in [1.29, 1.82) is 0 Å². The Balaban J connectivity index is 2.21. The van der Waals surface area contributed by atoms with E-state index in [0.29, 0.717) is 13.0 Å². The van der Waals surface area contributed by atoms with Crippen LogP contribution in [-0.4, -0.2) is 89.6 Å². The summed E-state index contributed by atoms with van der Waals surface area (Å²) in [4.78, 5) is 12.8. The van der Waals surface area contributed by atoms with Gasteiger partial charge in [0, 0.05) is 13.0 Å². The molecular formula is C55H98O9. The zero-order chi connectivity index (χ0) is 46.4. The zero-order valence-corrected chi connectivity index (χ0v) is 41.0. The van der Waals surface area contributed by atoms with Gasteiger partial charge in [-0.15, -0.1) is 0 Å². The van der Waals surface area contributed by atoms with Crippen molar-refractivity contribution in [3.63, 3.8) is 0 Å². The third kappa shape index (κ3) is 36.1. The van der Waals surface area contributed by atoms with E-state index in [1.54, 1.807) is 0 Å². The maximum atomic E-state index is 12.8. The SMILES string of the molecule is CC/C=C\C/C=C\C/C=C\C/C=C\C/C=C\CCCCCCCC(=O)OC(COCCCCCCCCCCCCCCCCCCCCCC)COC1OC(CO)C(O)C(O)C1O. The van der Waals surface area contributed by atoms with Crippen molar-refractivity contribution >= 4 is 5.97 Å². The molecule has 6 atom stereocenters. The van der Waals surface area contributed by atoms with Crippen molar-refractivity contribution in [3.8, 4) is 0 Å². The molecule has 372 valence electrons. The number of allylic oxidation sites excluding steroid dienone is 10. The van der Waals surface area contributed by atoms with Crippen LogP contribution in [0.3, 0.4) is 0 Å². The van der Waals surface area contributed by atoms with Gasteiger partial charge in [-0.3, -0.25) is 4.79 Å². The lowest BCUT2D eigenvalue weighted by Crippen LogP contribution is -2.59. The standard InChI is InChI=1S/C55H98O9/c1-3-5-7-9-11-13-15-17-19-21-23-25-26-28-30-32-34-36-38-40-42-44-51(57)63-49(48-62-55-54(60)53(59)52(58)50(46-56)64-55)47-61-45-43-41-39-37-35-33-31-29-27-24-22-20-18-16-14-12-10-8-6-4-2/h5,7,11,13,17,19,23,25,28,30,49-50,52-56,58-60H,3-4,6,8-10,12,14-16,18,20-22,24,26-27,29,31-48H2,1-2H3/b7-5-,13-11-,19-17-,25-23-,30-28-. The first kappa shape index (κ1) is 59.9. The second-order valence-corrected chi connectivity index (χ2v) is 17.9. The van der Waals surface area contributed by atoms with Crippen LogP contribution >= 0.6 is 0 Å². The molecule has 0 aromatic heterocycles. The highest BCUT2D eigenvalue weighted by molar-refractivity contribution is 5.69. The van der Waals surface area contributed by atoms with Crippen LogP contribution in [0.15, 0.2) is 60.8 Å². The van der Waals surface area contributed by atoms with E-state index in [2.05, 4.69) is 74.6 Å². The second-order valence-electron chi connectivity index (χ2n) is 17.9. The maximum absolute atomic E-state index is 12.8. The van der Waals surface area contributed by atoms with Crippen molar-refractivity contribution in [2.24, 2.45) is 0 Å². The van der Waals surface area contributed by atoms with Crippen LogP contribution in [-0.2, 0) is 23.7 Å².